The van der Waals surface area contributed by atoms with Gasteiger partial charge in [-0.25, -0.2) is 4.98 Å². The third-order valence-electron chi connectivity index (χ3n) is 4.87. The molecule has 0 unspecified atom stereocenters. The van der Waals surface area contributed by atoms with E-state index in [2.05, 4.69) is 26.5 Å². The maximum absolute atomic E-state index is 12.3. The van der Waals surface area contributed by atoms with Crippen LogP contribution in [0.2, 0.25) is 5.02 Å². The maximum atomic E-state index is 12.3. The third-order valence-corrected chi connectivity index (χ3v) is 5.88. The number of nitrogens with one attached hydrogen (secondary N) is 1. The molecule has 2 aromatic carbocycles. The number of carbonyl (C=O) groups is 1. The second-order valence-corrected chi connectivity index (χ2v) is 8.32. The number of aryl methyl sites for hydroxylation is 1. The van der Waals surface area contributed by atoms with Gasteiger partial charge in [0.1, 0.15) is 5.75 Å². The molecule has 1 N–H and O–H groups in total. The van der Waals surface area contributed by atoms with Crippen LogP contribution in [0, 0.1) is 0 Å². The van der Waals surface area contributed by atoms with Crippen LogP contribution in [0.1, 0.15) is 17.9 Å². The summed E-state index contributed by atoms with van der Waals surface area (Å²) in [5.41, 5.74) is 3.84. The summed E-state index contributed by atoms with van der Waals surface area (Å²) in [6, 6.07) is 13.2. The van der Waals surface area contributed by atoms with Gasteiger partial charge in [0, 0.05) is 40.8 Å². The molecule has 9 heteroatoms. The van der Waals surface area contributed by atoms with E-state index in [0.29, 0.717) is 28.3 Å². The monoisotopic (exact) mass is 452 g/mol. The number of fused-ring (bicyclic) bond motifs is 1. The predicted molar refractivity (Wildman–Crippen MR) is 118 cm³/mol. The number of thiazole rings is 1. The number of carbonyl (C=O) groups excluding carboxylic acids is 1. The predicted octanol–water partition coefficient (Wildman–Crippen LogP) is 5.02. The SMILES string of the molecule is O=C(CCc1nc(-c2ccc(Cl)cc2)no1)Nc1nc(-c2ccc3c(c2)CCO3)cs1. The van der Waals surface area contributed by atoms with Gasteiger partial charge in [0.25, 0.3) is 0 Å². The zero-order valence-electron chi connectivity index (χ0n) is 16.3. The van der Waals surface area contributed by atoms with E-state index in [1.54, 1.807) is 12.1 Å². The molecule has 1 amide bonds. The smallest absolute Gasteiger partial charge is 0.227 e. The van der Waals surface area contributed by atoms with Crippen molar-refractivity contribution in [3.63, 3.8) is 0 Å². The van der Waals surface area contributed by atoms with Crippen molar-refractivity contribution in [2.45, 2.75) is 19.3 Å². The standard InChI is InChI=1S/C22H17ClN4O3S/c23-16-4-1-13(2-5-16)21-26-20(30-27-21)8-7-19(28)25-22-24-17(12-31-22)14-3-6-18-15(11-14)9-10-29-18/h1-6,11-12H,7-10H2,(H,24,25,28). The Balaban J connectivity index is 1.18. The van der Waals surface area contributed by atoms with Crippen LogP contribution in [-0.4, -0.2) is 27.6 Å². The van der Waals surface area contributed by atoms with Crippen LogP contribution < -0.4 is 10.1 Å². The van der Waals surface area contributed by atoms with Crippen molar-refractivity contribution in [3.8, 4) is 28.4 Å². The van der Waals surface area contributed by atoms with Gasteiger partial charge in [-0.05, 0) is 48.0 Å². The molecule has 0 bridgehead atoms. The van der Waals surface area contributed by atoms with Gasteiger partial charge >= 0.3 is 0 Å². The number of hydrogen-bond donors (Lipinski definition) is 1. The molecule has 2 aromatic heterocycles. The molecule has 156 valence electrons. The molecule has 0 atom stereocenters. The fourth-order valence-corrected chi connectivity index (χ4v) is 4.15. The average molecular weight is 453 g/mol. The first kappa shape index (κ1) is 19.7. The average Bonchev–Trinajstić information content (AvgIpc) is 3.53. The molecule has 7 nitrogen and oxygen atoms in total. The van der Waals surface area contributed by atoms with Gasteiger partial charge in [0.05, 0.1) is 12.3 Å². The summed E-state index contributed by atoms with van der Waals surface area (Å²) in [4.78, 5) is 21.2. The second kappa shape index (κ2) is 8.49. The van der Waals surface area contributed by atoms with E-state index in [0.717, 1.165) is 35.6 Å². The Morgan fingerprint density at radius 1 is 1.13 bits per heavy atom. The Morgan fingerprint density at radius 3 is 2.84 bits per heavy atom. The van der Waals surface area contributed by atoms with E-state index in [1.807, 2.05) is 29.6 Å². The molecular formula is C22H17ClN4O3S. The molecule has 0 saturated heterocycles. The minimum Gasteiger partial charge on any atom is -0.493 e. The summed E-state index contributed by atoms with van der Waals surface area (Å²) >= 11 is 7.29. The Kier molecular flexibility index (Phi) is 5.40. The molecule has 1 aliphatic heterocycles. The highest BCUT2D eigenvalue weighted by molar-refractivity contribution is 7.14. The van der Waals surface area contributed by atoms with Gasteiger partial charge in [-0.1, -0.05) is 16.8 Å². The first-order valence-electron chi connectivity index (χ1n) is 9.74. The van der Waals surface area contributed by atoms with Crippen LogP contribution in [0.3, 0.4) is 0 Å². The number of halogens is 1. The summed E-state index contributed by atoms with van der Waals surface area (Å²) in [6.45, 7) is 0.721. The number of anilines is 1. The lowest BCUT2D eigenvalue weighted by molar-refractivity contribution is -0.116. The lowest BCUT2D eigenvalue weighted by atomic mass is 10.1. The van der Waals surface area contributed by atoms with Crippen molar-refractivity contribution in [2.75, 3.05) is 11.9 Å². The number of nitrogens with zero attached hydrogens (tertiary/aromatic N) is 3. The Labute approximate surface area is 187 Å². The van der Waals surface area contributed by atoms with Crippen LogP contribution in [0.15, 0.2) is 52.4 Å². The van der Waals surface area contributed by atoms with E-state index in [9.17, 15) is 4.79 Å². The number of ether oxygens (including phenoxy) is 1. The quantitative estimate of drug-likeness (QED) is 0.441. The molecular weight excluding hydrogens is 436 g/mol. The first-order valence-corrected chi connectivity index (χ1v) is 11.0. The number of benzene rings is 2. The Hall–Kier alpha value is -3.23. The number of rotatable bonds is 6. The fraction of sp³-hybridized carbons (Fsp3) is 0.182. The molecule has 0 spiro atoms. The van der Waals surface area contributed by atoms with Gasteiger partial charge in [0.2, 0.25) is 17.6 Å². The fourth-order valence-electron chi connectivity index (χ4n) is 3.28. The van der Waals surface area contributed by atoms with Gasteiger partial charge in [-0.3, -0.25) is 4.79 Å². The maximum Gasteiger partial charge on any atom is 0.227 e. The molecule has 4 aromatic rings. The molecule has 31 heavy (non-hydrogen) atoms. The third kappa shape index (κ3) is 4.45. The van der Waals surface area contributed by atoms with E-state index in [4.69, 9.17) is 20.9 Å². The normalized spacial score (nSPS) is 12.4. The van der Waals surface area contributed by atoms with Crippen molar-refractivity contribution in [3.05, 3.63) is 64.3 Å². The molecule has 5 rings (SSSR count). The number of aromatic nitrogens is 3. The molecule has 0 saturated carbocycles. The summed E-state index contributed by atoms with van der Waals surface area (Å²) < 4.78 is 10.8. The van der Waals surface area contributed by atoms with Gasteiger partial charge in [0.15, 0.2) is 5.13 Å². The molecule has 3 heterocycles. The van der Waals surface area contributed by atoms with Gasteiger partial charge in [-0.2, -0.15) is 4.98 Å². The Morgan fingerprint density at radius 2 is 1.97 bits per heavy atom. The molecule has 0 fully saturated rings. The molecule has 1 aliphatic rings. The number of amides is 1. The number of hydrogen-bond acceptors (Lipinski definition) is 7. The van der Waals surface area contributed by atoms with Crippen molar-refractivity contribution < 1.29 is 14.1 Å². The van der Waals surface area contributed by atoms with Crippen LogP contribution in [0.4, 0.5) is 5.13 Å². The highest BCUT2D eigenvalue weighted by Gasteiger charge is 2.15. The lowest BCUT2D eigenvalue weighted by Gasteiger charge is -2.02. The van der Waals surface area contributed by atoms with Crippen molar-refractivity contribution >= 4 is 34.0 Å². The van der Waals surface area contributed by atoms with Crippen molar-refractivity contribution in [1.29, 1.82) is 0 Å². The largest absolute Gasteiger partial charge is 0.493 e. The van der Waals surface area contributed by atoms with E-state index in [1.165, 1.54) is 16.9 Å². The minimum absolute atomic E-state index is 0.158. The zero-order chi connectivity index (χ0) is 21.2. The molecule has 0 radical (unpaired) electrons. The highest BCUT2D eigenvalue weighted by Crippen LogP contribution is 2.32. The summed E-state index contributed by atoms with van der Waals surface area (Å²) in [5.74, 6) is 1.65. The van der Waals surface area contributed by atoms with E-state index in [-0.39, 0.29) is 12.3 Å². The van der Waals surface area contributed by atoms with Crippen LogP contribution in [0.25, 0.3) is 22.6 Å². The minimum atomic E-state index is -0.158. The van der Waals surface area contributed by atoms with Crippen molar-refractivity contribution in [1.82, 2.24) is 15.1 Å². The van der Waals surface area contributed by atoms with Crippen LogP contribution in [0.5, 0.6) is 5.75 Å². The second-order valence-electron chi connectivity index (χ2n) is 7.03. The van der Waals surface area contributed by atoms with Crippen LogP contribution in [-0.2, 0) is 17.6 Å². The van der Waals surface area contributed by atoms with Gasteiger partial charge < -0.3 is 14.6 Å². The first-order chi connectivity index (χ1) is 15.1. The summed E-state index contributed by atoms with van der Waals surface area (Å²) in [7, 11) is 0. The Bertz CT molecular complexity index is 1240. The van der Waals surface area contributed by atoms with E-state index < -0.39 is 0 Å². The summed E-state index contributed by atoms with van der Waals surface area (Å²) in [6.07, 6.45) is 1.47. The van der Waals surface area contributed by atoms with E-state index >= 15 is 0 Å². The zero-order valence-corrected chi connectivity index (χ0v) is 17.9. The highest BCUT2D eigenvalue weighted by atomic mass is 35.5. The lowest BCUT2D eigenvalue weighted by Crippen LogP contribution is -2.12. The van der Waals surface area contributed by atoms with Crippen molar-refractivity contribution in [2.24, 2.45) is 0 Å². The van der Waals surface area contributed by atoms with Crippen LogP contribution >= 0.6 is 22.9 Å². The molecule has 0 aliphatic carbocycles. The topological polar surface area (TPSA) is 90.1 Å². The van der Waals surface area contributed by atoms with Gasteiger partial charge in [-0.15, -0.1) is 11.3 Å². The summed E-state index contributed by atoms with van der Waals surface area (Å²) in [5, 5.41) is 9.93.